The van der Waals surface area contributed by atoms with Crippen LogP contribution >= 0.6 is 0 Å². The normalized spacial score (nSPS) is 18.6. The molecular formula is C12H11FeN3O+2. The molecule has 0 spiro atoms. The molecule has 86 valence electrons. The monoisotopic (exact) mass is 269 g/mol. The molecule has 0 unspecified atom stereocenters. The molecule has 2 saturated carbocycles. The van der Waals surface area contributed by atoms with Crippen LogP contribution in [0.2, 0.25) is 0 Å². The number of hydrogen-bond donors (Lipinski definition) is 0. The van der Waals surface area contributed by atoms with Crippen molar-refractivity contribution in [2.45, 2.75) is 0 Å². The van der Waals surface area contributed by atoms with Crippen LogP contribution in [0.5, 0.6) is 0 Å². The summed E-state index contributed by atoms with van der Waals surface area (Å²) in [6, 6.07) is 0. The molecule has 0 aromatic rings. The number of rotatable bonds is 3. The molecule has 2 fully saturated rings. The van der Waals surface area contributed by atoms with E-state index in [2.05, 4.69) is 10.0 Å². The summed E-state index contributed by atoms with van der Waals surface area (Å²) in [6.45, 7) is -0.0967. The molecule has 2 rings (SSSR count). The van der Waals surface area contributed by atoms with Crippen LogP contribution in [0.1, 0.15) is 0 Å². The summed E-state index contributed by atoms with van der Waals surface area (Å²) in [6.07, 6.45) is 16.9. The van der Waals surface area contributed by atoms with Crippen molar-refractivity contribution in [1.29, 1.82) is 0 Å². The van der Waals surface area contributed by atoms with E-state index in [9.17, 15) is 4.79 Å². The van der Waals surface area contributed by atoms with Crippen molar-refractivity contribution >= 4 is 5.78 Å². The zero-order valence-electron chi connectivity index (χ0n) is 9.01. The Morgan fingerprint density at radius 1 is 1.06 bits per heavy atom. The Morgan fingerprint density at radius 3 is 1.94 bits per heavy atom. The van der Waals surface area contributed by atoms with Crippen LogP contribution < -0.4 is 0 Å². The predicted octanol–water partition coefficient (Wildman–Crippen LogP) is 2.29. The SMILES string of the molecule is [CH]1[CH][CH][CH][CH]1.[Fe+2].[N-]=[N+]=NCC(=O)[C]1[CH][CH][CH][CH]1. The molecule has 0 aliphatic heterocycles. The fourth-order valence-corrected chi connectivity index (χ4v) is 1.07. The van der Waals surface area contributed by atoms with E-state index < -0.39 is 0 Å². The van der Waals surface area contributed by atoms with Crippen molar-refractivity contribution in [1.82, 2.24) is 0 Å². The maximum absolute atomic E-state index is 11.0. The summed E-state index contributed by atoms with van der Waals surface area (Å²) in [5, 5.41) is 3.16. The van der Waals surface area contributed by atoms with E-state index in [0.717, 1.165) is 0 Å². The molecule has 17 heavy (non-hydrogen) atoms. The first-order valence-corrected chi connectivity index (χ1v) is 4.77. The maximum atomic E-state index is 11.0. The van der Waals surface area contributed by atoms with E-state index in [-0.39, 0.29) is 29.4 Å². The Morgan fingerprint density at radius 2 is 1.53 bits per heavy atom. The predicted molar refractivity (Wildman–Crippen MR) is 61.0 cm³/mol. The Kier molecular flexibility index (Phi) is 10.3. The molecule has 0 bridgehead atoms. The molecule has 0 heterocycles. The minimum absolute atomic E-state index is 0. The van der Waals surface area contributed by atoms with Gasteiger partial charge in [0.05, 0.1) is 6.54 Å². The van der Waals surface area contributed by atoms with E-state index in [0.29, 0.717) is 5.92 Å². The van der Waals surface area contributed by atoms with Crippen molar-refractivity contribution in [2.24, 2.45) is 5.11 Å². The average Bonchev–Trinajstić information content (AvgIpc) is 2.98. The molecule has 2 aliphatic rings. The van der Waals surface area contributed by atoms with Gasteiger partial charge in [0.1, 0.15) is 5.78 Å². The first-order valence-electron chi connectivity index (χ1n) is 4.77. The van der Waals surface area contributed by atoms with E-state index in [1.807, 2.05) is 32.1 Å². The third-order valence-corrected chi connectivity index (χ3v) is 1.82. The summed E-state index contributed by atoms with van der Waals surface area (Å²) >= 11 is 0. The van der Waals surface area contributed by atoms with E-state index in [4.69, 9.17) is 5.53 Å². The second-order valence-electron chi connectivity index (χ2n) is 2.95. The van der Waals surface area contributed by atoms with Gasteiger partial charge in [-0.15, -0.1) is 0 Å². The molecule has 0 N–H and O–H groups in total. The van der Waals surface area contributed by atoms with Crippen LogP contribution in [0.25, 0.3) is 10.4 Å². The number of carbonyl (C=O) groups is 1. The fraction of sp³-hybridized carbons (Fsp3) is 0.0833. The van der Waals surface area contributed by atoms with Crippen LogP contribution in [-0.4, -0.2) is 12.3 Å². The molecule has 4 nitrogen and oxygen atoms in total. The maximum Gasteiger partial charge on any atom is 2.00 e. The van der Waals surface area contributed by atoms with Gasteiger partial charge in [0.2, 0.25) is 0 Å². The van der Waals surface area contributed by atoms with Gasteiger partial charge in [-0.1, -0.05) is 5.11 Å². The van der Waals surface area contributed by atoms with Gasteiger partial charge >= 0.3 is 17.1 Å². The molecule has 0 aromatic carbocycles. The summed E-state index contributed by atoms with van der Waals surface area (Å²) < 4.78 is 0. The third-order valence-electron chi connectivity index (χ3n) is 1.82. The molecule has 0 aromatic heterocycles. The number of Topliss-reactive ketones (excluding diaryl/α,β-unsaturated/α-hetero) is 1. The number of azide groups is 1. The summed E-state index contributed by atoms with van der Waals surface area (Å²) in [5.41, 5.74) is 7.92. The number of carbonyl (C=O) groups excluding carboxylic acids is 1. The molecule has 2 aliphatic carbocycles. The van der Waals surface area contributed by atoms with Gasteiger partial charge in [-0.3, -0.25) is 4.79 Å². The first-order chi connectivity index (χ1) is 7.84. The van der Waals surface area contributed by atoms with Crippen LogP contribution in [0.3, 0.4) is 0 Å². The number of nitrogens with zero attached hydrogens (tertiary/aromatic N) is 3. The van der Waals surface area contributed by atoms with Crippen LogP contribution in [0, 0.1) is 63.7 Å². The zero-order valence-corrected chi connectivity index (χ0v) is 10.1. The molecule has 0 saturated heterocycles. The molecule has 10 radical (unpaired) electrons. The number of hydrogen-bond acceptors (Lipinski definition) is 2. The second kappa shape index (κ2) is 10.6. The third kappa shape index (κ3) is 7.43. The standard InChI is InChI=1S/C7H6N3O.C5H5.Fe/c8-10-9-5-7(11)6-3-1-2-4-6;1-2-4-5-3-1;/h1-4H,5H2;1-5H;/q;;+2. The van der Waals surface area contributed by atoms with Gasteiger partial charge in [-0.2, -0.15) is 0 Å². The second-order valence-corrected chi connectivity index (χ2v) is 2.95. The average molecular weight is 269 g/mol. The summed E-state index contributed by atoms with van der Waals surface area (Å²) in [4.78, 5) is 13.5. The Balaban J connectivity index is 0.000000360. The Hall–Kier alpha value is -0.501. The Bertz CT molecular complexity index is 247. The Labute approximate surface area is 114 Å². The molecule has 0 atom stereocenters. The van der Waals surface area contributed by atoms with Crippen molar-refractivity contribution in [3.63, 3.8) is 0 Å². The minimum Gasteiger partial charge on any atom is -0.299 e. The van der Waals surface area contributed by atoms with Crippen molar-refractivity contribution in [2.75, 3.05) is 6.54 Å². The van der Waals surface area contributed by atoms with Crippen molar-refractivity contribution in [3.05, 3.63) is 74.1 Å². The zero-order chi connectivity index (χ0) is 11.6. The van der Waals surface area contributed by atoms with Gasteiger partial charge in [0, 0.05) is 10.8 Å². The van der Waals surface area contributed by atoms with Crippen molar-refractivity contribution in [3.8, 4) is 0 Å². The van der Waals surface area contributed by atoms with Crippen LogP contribution in [0.15, 0.2) is 5.11 Å². The van der Waals surface area contributed by atoms with Gasteiger partial charge in [0.15, 0.2) is 0 Å². The molecule has 5 heteroatoms. The van der Waals surface area contributed by atoms with Crippen LogP contribution in [0.4, 0.5) is 0 Å². The van der Waals surface area contributed by atoms with E-state index >= 15 is 0 Å². The van der Waals surface area contributed by atoms with Gasteiger partial charge in [0.25, 0.3) is 0 Å². The summed E-state index contributed by atoms with van der Waals surface area (Å²) in [5.74, 6) is 0.449. The van der Waals surface area contributed by atoms with Gasteiger partial charge in [-0.05, 0) is 63.3 Å². The summed E-state index contributed by atoms with van der Waals surface area (Å²) in [7, 11) is 0. The fourth-order valence-electron chi connectivity index (χ4n) is 1.07. The smallest absolute Gasteiger partial charge is 0.299 e. The topological polar surface area (TPSA) is 65.8 Å². The first kappa shape index (κ1) is 16.5. The van der Waals surface area contributed by atoms with Gasteiger partial charge in [-0.25, -0.2) is 0 Å². The molecular weight excluding hydrogens is 258 g/mol. The minimum atomic E-state index is -0.146. The molecule has 0 amide bonds. The quantitative estimate of drug-likeness (QED) is 0.335. The van der Waals surface area contributed by atoms with Gasteiger partial charge < -0.3 is 0 Å². The van der Waals surface area contributed by atoms with E-state index in [1.165, 1.54) is 0 Å². The van der Waals surface area contributed by atoms with Crippen LogP contribution in [-0.2, 0) is 21.9 Å². The number of ketones is 1. The van der Waals surface area contributed by atoms with E-state index in [1.54, 1.807) is 25.7 Å². The largest absolute Gasteiger partial charge is 2.00 e. The van der Waals surface area contributed by atoms with Crippen molar-refractivity contribution < 1.29 is 21.9 Å².